The number of rotatable bonds is 2. The van der Waals surface area contributed by atoms with Gasteiger partial charge in [0.15, 0.2) is 0 Å². The standard InChI is InChI=1S/C13H8ClF3N4/c1-7-4-9(6-18)21-12(19-7)20-8-2-3-11(14)10(5-8)13(15,16)17/h2-5H,1H3,(H,19,20,21). The van der Waals surface area contributed by atoms with Crippen molar-refractivity contribution in [2.45, 2.75) is 13.1 Å². The van der Waals surface area contributed by atoms with Crippen LogP contribution in [-0.2, 0) is 6.18 Å². The number of aromatic nitrogens is 2. The van der Waals surface area contributed by atoms with Gasteiger partial charge in [0.05, 0.1) is 10.6 Å². The molecule has 8 heteroatoms. The fourth-order valence-corrected chi connectivity index (χ4v) is 1.86. The average Bonchev–Trinajstić information content (AvgIpc) is 2.39. The van der Waals surface area contributed by atoms with Crippen LogP contribution < -0.4 is 5.32 Å². The van der Waals surface area contributed by atoms with E-state index in [2.05, 4.69) is 15.3 Å². The molecule has 2 aromatic rings. The van der Waals surface area contributed by atoms with E-state index in [1.807, 2.05) is 6.07 Å². The van der Waals surface area contributed by atoms with E-state index in [4.69, 9.17) is 16.9 Å². The lowest BCUT2D eigenvalue weighted by Gasteiger charge is -2.12. The number of aryl methyl sites for hydroxylation is 1. The van der Waals surface area contributed by atoms with Crippen LogP contribution in [0.3, 0.4) is 0 Å². The van der Waals surface area contributed by atoms with E-state index in [1.54, 1.807) is 6.92 Å². The highest BCUT2D eigenvalue weighted by atomic mass is 35.5. The number of anilines is 2. The molecule has 0 atom stereocenters. The maximum Gasteiger partial charge on any atom is 0.417 e. The molecule has 0 fully saturated rings. The third-order valence-electron chi connectivity index (χ3n) is 2.50. The Bertz CT molecular complexity index is 722. The molecule has 0 saturated carbocycles. The molecule has 0 saturated heterocycles. The molecule has 0 radical (unpaired) electrons. The highest BCUT2D eigenvalue weighted by Gasteiger charge is 2.33. The van der Waals surface area contributed by atoms with Crippen LogP contribution in [0.25, 0.3) is 0 Å². The summed E-state index contributed by atoms with van der Waals surface area (Å²) in [5, 5.41) is 11.0. The van der Waals surface area contributed by atoms with Gasteiger partial charge in [-0.05, 0) is 31.2 Å². The molecule has 21 heavy (non-hydrogen) atoms. The third-order valence-corrected chi connectivity index (χ3v) is 2.83. The van der Waals surface area contributed by atoms with Gasteiger partial charge in [-0.3, -0.25) is 0 Å². The largest absolute Gasteiger partial charge is 0.417 e. The van der Waals surface area contributed by atoms with E-state index in [1.165, 1.54) is 12.1 Å². The number of nitrogens with one attached hydrogen (secondary N) is 1. The molecule has 1 aromatic carbocycles. The minimum Gasteiger partial charge on any atom is -0.324 e. The molecule has 0 amide bonds. The summed E-state index contributed by atoms with van der Waals surface area (Å²) < 4.78 is 38.3. The van der Waals surface area contributed by atoms with E-state index in [9.17, 15) is 13.2 Å². The van der Waals surface area contributed by atoms with E-state index < -0.39 is 16.8 Å². The molecule has 2 rings (SSSR count). The second kappa shape index (κ2) is 5.58. The van der Waals surface area contributed by atoms with Crippen LogP contribution in [0.5, 0.6) is 0 Å². The van der Waals surface area contributed by atoms with Gasteiger partial charge in [0.2, 0.25) is 5.95 Å². The van der Waals surface area contributed by atoms with Crippen molar-refractivity contribution in [1.82, 2.24) is 9.97 Å². The fourth-order valence-electron chi connectivity index (χ4n) is 1.63. The van der Waals surface area contributed by atoms with Gasteiger partial charge in [0.1, 0.15) is 11.8 Å². The number of nitrogens with zero attached hydrogens (tertiary/aromatic N) is 3. The van der Waals surface area contributed by atoms with Crippen molar-refractivity contribution in [3.05, 3.63) is 46.2 Å². The first kappa shape index (κ1) is 15.1. The zero-order valence-electron chi connectivity index (χ0n) is 10.7. The molecular weight excluding hydrogens is 305 g/mol. The van der Waals surface area contributed by atoms with Gasteiger partial charge >= 0.3 is 6.18 Å². The van der Waals surface area contributed by atoms with Gasteiger partial charge < -0.3 is 5.32 Å². The summed E-state index contributed by atoms with van der Waals surface area (Å²) in [5.41, 5.74) is -0.187. The highest BCUT2D eigenvalue weighted by molar-refractivity contribution is 6.31. The minimum absolute atomic E-state index is 0.0435. The van der Waals surface area contributed by atoms with Crippen molar-refractivity contribution in [3.8, 4) is 6.07 Å². The number of alkyl halides is 3. The Balaban J connectivity index is 2.37. The summed E-state index contributed by atoms with van der Waals surface area (Å²) in [6.07, 6.45) is -4.56. The quantitative estimate of drug-likeness (QED) is 0.908. The van der Waals surface area contributed by atoms with Gasteiger partial charge in [-0.1, -0.05) is 11.6 Å². The first-order valence-corrected chi connectivity index (χ1v) is 6.07. The summed E-state index contributed by atoms with van der Waals surface area (Å²) in [5.74, 6) is 0.0435. The first-order valence-electron chi connectivity index (χ1n) is 5.69. The second-order valence-electron chi connectivity index (χ2n) is 4.15. The molecule has 108 valence electrons. The van der Waals surface area contributed by atoms with Crippen LogP contribution in [-0.4, -0.2) is 9.97 Å². The Morgan fingerprint density at radius 1 is 1.24 bits per heavy atom. The number of hydrogen-bond acceptors (Lipinski definition) is 4. The van der Waals surface area contributed by atoms with Crippen molar-refractivity contribution in [3.63, 3.8) is 0 Å². The smallest absolute Gasteiger partial charge is 0.324 e. The van der Waals surface area contributed by atoms with Gasteiger partial charge in [0, 0.05) is 11.4 Å². The molecule has 0 unspecified atom stereocenters. The predicted molar refractivity (Wildman–Crippen MR) is 71.2 cm³/mol. The Hall–Kier alpha value is -2.33. The van der Waals surface area contributed by atoms with Crippen LogP contribution in [0.15, 0.2) is 24.3 Å². The summed E-state index contributed by atoms with van der Waals surface area (Å²) in [7, 11) is 0. The van der Waals surface area contributed by atoms with Crippen molar-refractivity contribution >= 4 is 23.2 Å². The molecular formula is C13H8ClF3N4. The van der Waals surface area contributed by atoms with Crippen LogP contribution in [0, 0.1) is 18.3 Å². The summed E-state index contributed by atoms with van der Waals surface area (Å²) in [4.78, 5) is 7.87. The summed E-state index contributed by atoms with van der Waals surface area (Å²) in [6.45, 7) is 1.65. The van der Waals surface area contributed by atoms with E-state index in [-0.39, 0.29) is 17.3 Å². The molecule has 4 nitrogen and oxygen atoms in total. The lowest BCUT2D eigenvalue weighted by Crippen LogP contribution is -2.07. The number of nitriles is 1. The van der Waals surface area contributed by atoms with Crippen LogP contribution in [0.2, 0.25) is 5.02 Å². The topological polar surface area (TPSA) is 61.6 Å². The molecule has 0 bridgehead atoms. The Morgan fingerprint density at radius 2 is 1.95 bits per heavy atom. The van der Waals surface area contributed by atoms with E-state index in [0.717, 1.165) is 12.1 Å². The normalized spacial score (nSPS) is 11.0. The minimum atomic E-state index is -4.56. The predicted octanol–water partition coefficient (Wildman–Crippen LogP) is 4.07. The molecule has 0 aliphatic heterocycles. The first-order chi connectivity index (χ1) is 9.79. The van der Waals surface area contributed by atoms with Crippen molar-refractivity contribution < 1.29 is 13.2 Å². The SMILES string of the molecule is Cc1cc(C#N)nc(Nc2ccc(Cl)c(C(F)(F)F)c2)n1. The number of benzene rings is 1. The molecule has 1 N–H and O–H groups in total. The lowest BCUT2D eigenvalue weighted by atomic mass is 10.2. The van der Waals surface area contributed by atoms with Crippen molar-refractivity contribution in [2.75, 3.05) is 5.32 Å². The number of hydrogen-bond donors (Lipinski definition) is 1. The van der Waals surface area contributed by atoms with Crippen LogP contribution in [0.1, 0.15) is 17.0 Å². The Kier molecular flexibility index (Phi) is 4.00. The van der Waals surface area contributed by atoms with E-state index in [0.29, 0.717) is 5.69 Å². The van der Waals surface area contributed by atoms with Crippen LogP contribution in [0.4, 0.5) is 24.8 Å². The van der Waals surface area contributed by atoms with E-state index >= 15 is 0 Å². The van der Waals surface area contributed by atoms with Crippen molar-refractivity contribution in [2.24, 2.45) is 0 Å². The maximum absolute atomic E-state index is 12.8. The van der Waals surface area contributed by atoms with Gasteiger partial charge in [-0.2, -0.15) is 18.4 Å². The Labute approximate surface area is 123 Å². The number of halogens is 4. The van der Waals surface area contributed by atoms with Crippen LogP contribution >= 0.6 is 11.6 Å². The van der Waals surface area contributed by atoms with Gasteiger partial charge in [-0.15, -0.1) is 0 Å². The zero-order valence-corrected chi connectivity index (χ0v) is 11.4. The van der Waals surface area contributed by atoms with Crippen molar-refractivity contribution in [1.29, 1.82) is 5.26 Å². The average molecular weight is 313 g/mol. The monoisotopic (exact) mass is 312 g/mol. The molecule has 0 aliphatic carbocycles. The summed E-state index contributed by atoms with van der Waals surface area (Å²) >= 11 is 5.53. The second-order valence-corrected chi connectivity index (χ2v) is 4.55. The lowest BCUT2D eigenvalue weighted by molar-refractivity contribution is -0.137. The maximum atomic E-state index is 12.8. The third kappa shape index (κ3) is 3.61. The molecule has 0 aliphatic rings. The zero-order chi connectivity index (χ0) is 15.6. The highest BCUT2D eigenvalue weighted by Crippen LogP contribution is 2.36. The Morgan fingerprint density at radius 3 is 2.57 bits per heavy atom. The molecule has 1 heterocycles. The van der Waals surface area contributed by atoms with Gasteiger partial charge in [0.25, 0.3) is 0 Å². The summed E-state index contributed by atoms with van der Waals surface area (Å²) in [6, 6.07) is 6.68. The molecule has 0 spiro atoms. The molecule has 1 aromatic heterocycles. The van der Waals surface area contributed by atoms with Gasteiger partial charge in [-0.25, -0.2) is 9.97 Å². The fraction of sp³-hybridized carbons (Fsp3) is 0.154.